The van der Waals surface area contributed by atoms with E-state index in [1.165, 1.54) is 6.92 Å². The van der Waals surface area contributed by atoms with Gasteiger partial charge >= 0.3 is 0 Å². The Balaban J connectivity index is 1.75. The second-order valence-electron chi connectivity index (χ2n) is 8.16. The van der Waals surface area contributed by atoms with E-state index in [-0.39, 0.29) is 17.9 Å². The van der Waals surface area contributed by atoms with E-state index < -0.39 is 6.17 Å². The van der Waals surface area contributed by atoms with Gasteiger partial charge in [0.25, 0.3) is 5.91 Å². The van der Waals surface area contributed by atoms with Crippen LogP contribution >= 0.6 is 0 Å². The van der Waals surface area contributed by atoms with E-state index >= 15 is 0 Å². The van der Waals surface area contributed by atoms with Gasteiger partial charge in [-0.2, -0.15) is 0 Å². The molecule has 2 amide bonds. The molecule has 0 radical (unpaired) electrons. The Morgan fingerprint density at radius 3 is 2.43 bits per heavy atom. The predicted molar refractivity (Wildman–Crippen MR) is 115 cm³/mol. The first-order chi connectivity index (χ1) is 14.4. The van der Waals surface area contributed by atoms with Crippen LogP contribution < -0.4 is 19.7 Å². The standard InChI is InChI=1S/C24H28N2O4/c1-14-11-19-20(12-15(14)2)24(28)26(23(19)25-16(3)27)17-9-10-21(29-4)22(13-17)30-18-7-5-6-8-18/h9-13,18,23H,5-8H2,1-4H3,(H,25,27). The third kappa shape index (κ3) is 3.62. The number of ether oxygens (including phenoxy) is 2. The lowest BCUT2D eigenvalue weighted by molar-refractivity contribution is -0.119. The van der Waals surface area contributed by atoms with Gasteiger partial charge in [-0.15, -0.1) is 0 Å². The molecular formula is C24H28N2O4. The van der Waals surface area contributed by atoms with Gasteiger partial charge in [0.15, 0.2) is 11.5 Å². The van der Waals surface area contributed by atoms with E-state index in [1.807, 2.05) is 44.2 Å². The zero-order chi connectivity index (χ0) is 21.4. The fourth-order valence-electron chi connectivity index (χ4n) is 4.33. The fraction of sp³-hybridized carbons (Fsp3) is 0.417. The molecule has 1 atom stereocenters. The number of carbonyl (C=O) groups is 2. The third-order valence-electron chi connectivity index (χ3n) is 6.03. The highest BCUT2D eigenvalue weighted by Crippen LogP contribution is 2.41. The Bertz CT molecular complexity index is 995. The second-order valence-corrected chi connectivity index (χ2v) is 8.16. The summed E-state index contributed by atoms with van der Waals surface area (Å²) in [5.41, 5.74) is 4.22. The topological polar surface area (TPSA) is 67.9 Å². The van der Waals surface area contributed by atoms with Crippen LogP contribution in [-0.2, 0) is 4.79 Å². The number of methoxy groups -OCH3 is 1. The van der Waals surface area contributed by atoms with Crippen molar-refractivity contribution in [3.63, 3.8) is 0 Å². The summed E-state index contributed by atoms with van der Waals surface area (Å²) in [5.74, 6) is 0.931. The Labute approximate surface area is 177 Å². The number of anilines is 1. The van der Waals surface area contributed by atoms with Gasteiger partial charge in [-0.3, -0.25) is 14.5 Å². The summed E-state index contributed by atoms with van der Waals surface area (Å²) < 4.78 is 11.7. The van der Waals surface area contributed by atoms with E-state index in [2.05, 4.69) is 5.32 Å². The molecule has 4 rings (SSSR count). The Morgan fingerprint density at radius 1 is 1.07 bits per heavy atom. The molecule has 6 nitrogen and oxygen atoms in total. The molecule has 6 heteroatoms. The van der Waals surface area contributed by atoms with Crippen LogP contribution in [0.2, 0.25) is 0 Å². The number of carbonyl (C=O) groups excluding carboxylic acids is 2. The van der Waals surface area contributed by atoms with Crippen molar-refractivity contribution in [3.8, 4) is 11.5 Å². The van der Waals surface area contributed by atoms with Crippen molar-refractivity contribution in [2.45, 2.75) is 58.7 Å². The summed E-state index contributed by atoms with van der Waals surface area (Å²) >= 11 is 0. The summed E-state index contributed by atoms with van der Waals surface area (Å²) in [6.45, 7) is 5.46. The molecule has 1 aliphatic heterocycles. The van der Waals surface area contributed by atoms with Crippen LogP contribution in [0.4, 0.5) is 5.69 Å². The molecule has 1 aliphatic carbocycles. The number of fused-ring (bicyclic) bond motifs is 1. The number of hydrogen-bond acceptors (Lipinski definition) is 4. The Kier molecular flexibility index (Phi) is 5.41. The molecule has 1 heterocycles. The first kappa shape index (κ1) is 20.3. The fourth-order valence-corrected chi connectivity index (χ4v) is 4.33. The van der Waals surface area contributed by atoms with E-state index in [1.54, 1.807) is 12.0 Å². The van der Waals surface area contributed by atoms with Crippen molar-refractivity contribution in [2.24, 2.45) is 0 Å². The summed E-state index contributed by atoms with van der Waals surface area (Å²) in [6, 6.07) is 9.38. The van der Waals surface area contributed by atoms with Crippen LogP contribution in [0.3, 0.4) is 0 Å². The highest BCUT2D eigenvalue weighted by molar-refractivity contribution is 6.11. The van der Waals surface area contributed by atoms with Crippen molar-refractivity contribution in [1.29, 1.82) is 0 Å². The van der Waals surface area contributed by atoms with Gasteiger partial charge in [0.05, 0.1) is 18.9 Å². The summed E-state index contributed by atoms with van der Waals surface area (Å²) in [6.07, 6.45) is 3.98. The third-order valence-corrected chi connectivity index (χ3v) is 6.03. The van der Waals surface area contributed by atoms with Gasteiger partial charge in [0, 0.05) is 24.1 Å². The van der Waals surface area contributed by atoms with Crippen molar-refractivity contribution in [2.75, 3.05) is 12.0 Å². The molecule has 1 N–H and O–H groups in total. The summed E-state index contributed by atoms with van der Waals surface area (Å²) in [4.78, 5) is 26.9. The average molecular weight is 408 g/mol. The first-order valence-corrected chi connectivity index (χ1v) is 10.5. The molecule has 1 saturated carbocycles. The van der Waals surface area contributed by atoms with Gasteiger partial charge in [0.1, 0.15) is 6.17 Å². The Morgan fingerprint density at radius 2 is 1.77 bits per heavy atom. The summed E-state index contributed by atoms with van der Waals surface area (Å²) in [7, 11) is 1.61. The first-order valence-electron chi connectivity index (χ1n) is 10.5. The zero-order valence-corrected chi connectivity index (χ0v) is 18.0. The highest BCUT2D eigenvalue weighted by atomic mass is 16.5. The second kappa shape index (κ2) is 8.01. The number of nitrogens with one attached hydrogen (secondary N) is 1. The number of rotatable bonds is 5. The van der Waals surface area contributed by atoms with Crippen molar-refractivity contribution < 1.29 is 19.1 Å². The maximum absolute atomic E-state index is 13.4. The molecule has 0 bridgehead atoms. The molecule has 2 aromatic rings. The maximum Gasteiger partial charge on any atom is 0.260 e. The number of nitrogens with zero attached hydrogens (tertiary/aromatic N) is 1. The Hall–Kier alpha value is -3.02. The van der Waals surface area contributed by atoms with Crippen LogP contribution in [0.5, 0.6) is 11.5 Å². The van der Waals surface area contributed by atoms with Gasteiger partial charge in [0.2, 0.25) is 5.91 Å². The van der Waals surface area contributed by atoms with Crippen LogP contribution in [0.1, 0.15) is 65.8 Å². The number of hydrogen-bond donors (Lipinski definition) is 1. The minimum absolute atomic E-state index is 0.135. The zero-order valence-electron chi connectivity index (χ0n) is 18.0. The molecule has 0 aromatic heterocycles. The van der Waals surface area contributed by atoms with Crippen molar-refractivity contribution >= 4 is 17.5 Å². The average Bonchev–Trinajstić information content (AvgIpc) is 3.30. The molecule has 1 unspecified atom stereocenters. The number of aryl methyl sites for hydroxylation is 2. The van der Waals surface area contributed by atoms with Crippen LogP contribution in [0, 0.1) is 13.8 Å². The highest BCUT2D eigenvalue weighted by Gasteiger charge is 2.39. The smallest absolute Gasteiger partial charge is 0.260 e. The van der Waals surface area contributed by atoms with Gasteiger partial charge < -0.3 is 14.8 Å². The van der Waals surface area contributed by atoms with E-state index in [9.17, 15) is 9.59 Å². The van der Waals surface area contributed by atoms with E-state index in [4.69, 9.17) is 9.47 Å². The molecule has 2 aromatic carbocycles. The lowest BCUT2D eigenvalue weighted by Crippen LogP contribution is -2.38. The SMILES string of the molecule is COc1ccc(N2C(=O)c3cc(C)c(C)cc3C2NC(C)=O)cc1OC1CCCC1. The van der Waals surface area contributed by atoms with Crippen LogP contribution in [0.15, 0.2) is 30.3 Å². The lowest BCUT2D eigenvalue weighted by Gasteiger charge is -2.27. The molecular weight excluding hydrogens is 380 g/mol. The minimum Gasteiger partial charge on any atom is -0.493 e. The molecule has 0 saturated heterocycles. The van der Waals surface area contributed by atoms with Crippen LogP contribution in [0.25, 0.3) is 0 Å². The quantitative estimate of drug-likeness (QED) is 0.795. The van der Waals surface area contributed by atoms with Gasteiger partial charge in [-0.1, -0.05) is 6.07 Å². The largest absolute Gasteiger partial charge is 0.493 e. The van der Waals surface area contributed by atoms with Crippen LogP contribution in [-0.4, -0.2) is 25.0 Å². The minimum atomic E-state index is -0.558. The molecule has 2 aliphatic rings. The van der Waals surface area contributed by atoms with E-state index in [0.717, 1.165) is 42.4 Å². The number of benzene rings is 2. The molecule has 158 valence electrons. The monoisotopic (exact) mass is 408 g/mol. The molecule has 30 heavy (non-hydrogen) atoms. The summed E-state index contributed by atoms with van der Waals surface area (Å²) in [5, 5.41) is 2.94. The lowest BCUT2D eigenvalue weighted by atomic mass is 10.0. The number of amides is 2. The normalized spacial score (nSPS) is 18.5. The van der Waals surface area contributed by atoms with Crippen molar-refractivity contribution in [3.05, 3.63) is 52.6 Å². The van der Waals surface area contributed by atoms with Crippen molar-refractivity contribution in [1.82, 2.24) is 5.32 Å². The molecule has 1 fully saturated rings. The van der Waals surface area contributed by atoms with Gasteiger partial charge in [-0.05, 0) is 68.9 Å². The van der Waals surface area contributed by atoms with E-state index in [0.29, 0.717) is 22.7 Å². The molecule has 0 spiro atoms. The maximum atomic E-state index is 13.4. The predicted octanol–water partition coefficient (Wildman–Crippen LogP) is 4.43. The van der Waals surface area contributed by atoms with Gasteiger partial charge in [-0.25, -0.2) is 0 Å².